The number of aliphatic hydroxyl groups excluding tert-OH is 2. The number of hydrogen-bond acceptors (Lipinski definition) is 8. The Morgan fingerprint density at radius 2 is 1.36 bits per heavy atom. The van der Waals surface area contributed by atoms with Crippen molar-refractivity contribution < 1.29 is 39.0 Å². The van der Waals surface area contributed by atoms with Gasteiger partial charge in [-0.1, -0.05) is 24.3 Å². The summed E-state index contributed by atoms with van der Waals surface area (Å²) in [4.78, 5) is 0. The Morgan fingerprint density at radius 3 is 2.00 bits per heavy atom. The third-order valence-electron chi connectivity index (χ3n) is 5.06. The van der Waals surface area contributed by atoms with E-state index in [4.69, 9.17) is 23.7 Å². The van der Waals surface area contributed by atoms with Gasteiger partial charge in [0.1, 0.15) is 0 Å². The Balaban J connectivity index is 2.04. The van der Waals surface area contributed by atoms with Crippen LogP contribution in [0.15, 0.2) is 60.7 Å². The number of hydrogen-bond donors (Lipinski definition) is 3. The summed E-state index contributed by atoms with van der Waals surface area (Å²) in [6.07, 6.45) is -1.69. The molecule has 3 rings (SSSR count). The number of rotatable bonds is 11. The maximum absolute atomic E-state index is 10.3. The molecule has 0 unspecified atom stereocenters. The quantitative estimate of drug-likeness (QED) is 0.403. The van der Waals surface area contributed by atoms with Crippen molar-refractivity contribution in [2.24, 2.45) is 0 Å². The molecule has 3 aromatic rings. The van der Waals surface area contributed by atoms with Gasteiger partial charge in [-0.15, -0.1) is 0 Å². The molecule has 3 N–H and O–H groups in total. The summed E-state index contributed by atoms with van der Waals surface area (Å²) >= 11 is 0. The van der Waals surface area contributed by atoms with Crippen molar-refractivity contribution in [2.45, 2.75) is 18.8 Å². The first-order valence-electron chi connectivity index (χ1n) is 10.3. The summed E-state index contributed by atoms with van der Waals surface area (Å²) in [5, 5.41) is 29.7. The molecule has 8 nitrogen and oxygen atoms in total. The van der Waals surface area contributed by atoms with Crippen LogP contribution in [0.1, 0.15) is 17.2 Å². The lowest BCUT2D eigenvalue weighted by Crippen LogP contribution is -2.33. The van der Waals surface area contributed by atoms with Crippen LogP contribution in [0.25, 0.3) is 0 Å². The summed E-state index contributed by atoms with van der Waals surface area (Å²) < 4.78 is 28.4. The van der Waals surface area contributed by atoms with Gasteiger partial charge in [0, 0.05) is 5.56 Å². The van der Waals surface area contributed by atoms with Gasteiger partial charge in [0.05, 0.1) is 34.5 Å². The molecule has 0 saturated heterocycles. The van der Waals surface area contributed by atoms with E-state index < -0.39 is 12.2 Å². The molecule has 0 aliphatic carbocycles. The Kier molecular flexibility index (Phi) is 8.23. The van der Waals surface area contributed by atoms with Gasteiger partial charge < -0.3 is 39.0 Å². The molecule has 0 amide bonds. The van der Waals surface area contributed by atoms with Crippen molar-refractivity contribution in [3.63, 3.8) is 0 Å². The summed E-state index contributed by atoms with van der Waals surface area (Å²) in [6.45, 7) is -0.533. The molecule has 0 saturated carbocycles. The van der Waals surface area contributed by atoms with Crippen molar-refractivity contribution in [3.8, 4) is 34.5 Å². The fourth-order valence-corrected chi connectivity index (χ4v) is 3.35. The van der Waals surface area contributed by atoms with Gasteiger partial charge in [0.15, 0.2) is 46.7 Å². The van der Waals surface area contributed by atoms with Crippen molar-refractivity contribution >= 4 is 0 Å². The van der Waals surface area contributed by atoms with Crippen LogP contribution in [0.3, 0.4) is 0 Å². The molecular formula is C25H28O8. The maximum atomic E-state index is 10.3. The van der Waals surface area contributed by atoms with E-state index in [1.54, 1.807) is 48.5 Å². The van der Waals surface area contributed by atoms with Crippen LogP contribution in [-0.4, -0.2) is 49.4 Å². The number of para-hydroxylation sites is 2. The van der Waals surface area contributed by atoms with Gasteiger partial charge in [-0.3, -0.25) is 0 Å². The molecule has 0 aliphatic heterocycles. The molecule has 0 aromatic heterocycles. The third kappa shape index (κ3) is 5.60. The minimum atomic E-state index is -0.863. The van der Waals surface area contributed by atoms with Crippen LogP contribution >= 0.6 is 0 Å². The lowest BCUT2D eigenvalue weighted by molar-refractivity contribution is 0.0121. The minimum absolute atomic E-state index is 0.0314. The van der Waals surface area contributed by atoms with E-state index in [1.807, 2.05) is 6.07 Å². The normalized spacial score (nSPS) is 12.5. The molecule has 0 fully saturated rings. The number of phenols is 1. The van der Waals surface area contributed by atoms with E-state index in [9.17, 15) is 15.3 Å². The molecule has 0 radical (unpaired) electrons. The zero-order valence-corrected chi connectivity index (χ0v) is 18.7. The van der Waals surface area contributed by atoms with E-state index in [0.29, 0.717) is 34.1 Å². The second-order valence-corrected chi connectivity index (χ2v) is 7.10. The molecule has 2 atom stereocenters. The van der Waals surface area contributed by atoms with E-state index >= 15 is 0 Å². The standard InChI is InChI=1S/C25H28O8/c1-29-19-6-4-5-7-20(19)32-24(15-27)25(17-9-10-18(28)22(13-17)30-2)33-21-11-8-16(14-26)12-23(21)31-3/h4-13,24-28H,14-15H2,1-3H3/t24-,25-/m0/s1. The van der Waals surface area contributed by atoms with Crippen molar-refractivity contribution in [1.29, 1.82) is 0 Å². The average Bonchev–Trinajstić information content (AvgIpc) is 2.86. The first-order chi connectivity index (χ1) is 16.0. The smallest absolute Gasteiger partial charge is 0.163 e. The van der Waals surface area contributed by atoms with E-state index in [0.717, 1.165) is 0 Å². The highest BCUT2D eigenvalue weighted by atomic mass is 16.6. The molecule has 0 spiro atoms. The van der Waals surface area contributed by atoms with E-state index in [1.165, 1.54) is 27.4 Å². The van der Waals surface area contributed by atoms with Gasteiger partial charge in [-0.25, -0.2) is 0 Å². The summed E-state index contributed by atoms with van der Waals surface area (Å²) in [5.41, 5.74) is 1.25. The number of methoxy groups -OCH3 is 3. The number of aliphatic hydroxyl groups is 2. The molecule has 8 heteroatoms. The second kappa shape index (κ2) is 11.3. The Bertz CT molecular complexity index is 1050. The lowest BCUT2D eigenvalue weighted by Gasteiger charge is -2.29. The fourth-order valence-electron chi connectivity index (χ4n) is 3.35. The van der Waals surface area contributed by atoms with Crippen molar-refractivity contribution in [1.82, 2.24) is 0 Å². The second-order valence-electron chi connectivity index (χ2n) is 7.10. The first-order valence-corrected chi connectivity index (χ1v) is 10.3. The molecule has 0 aliphatic rings. The molecule has 0 bridgehead atoms. The Hall–Kier alpha value is -3.62. The molecular weight excluding hydrogens is 428 g/mol. The van der Waals surface area contributed by atoms with Crippen LogP contribution < -0.4 is 23.7 Å². The summed E-state index contributed by atoms with van der Waals surface area (Å²) in [7, 11) is 4.47. The monoisotopic (exact) mass is 456 g/mol. The summed E-state index contributed by atoms with van der Waals surface area (Å²) in [6, 6.07) is 16.9. The number of phenolic OH excluding ortho intramolecular Hbond substituents is 1. The first kappa shape index (κ1) is 24.0. The van der Waals surface area contributed by atoms with Crippen LogP contribution in [0.4, 0.5) is 0 Å². The predicted octanol–water partition coefficient (Wildman–Crippen LogP) is 3.47. The Morgan fingerprint density at radius 1 is 0.697 bits per heavy atom. The molecule has 3 aromatic carbocycles. The lowest BCUT2D eigenvalue weighted by atomic mass is 10.0. The topological polar surface area (TPSA) is 107 Å². The largest absolute Gasteiger partial charge is 0.504 e. The van der Waals surface area contributed by atoms with Gasteiger partial charge >= 0.3 is 0 Å². The number of aromatic hydroxyl groups is 1. The fraction of sp³-hybridized carbons (Fsp3) is 0.280. The molecule has 176 valence electrons. The average molecular weight is 456 g/mol. The van der Waals surface area contributed by atoms with Crippen LogP contribution in [-0.2, 0) is 6.61 Å². The molecule has 33 heavy (non-hydrogen) atoms. The van der Waals surface area contributed by atoms with Crippen LogP contribution in [0.2, 0.25) is 0 Å². The van der Waals surface area contributed by atoms with Gasteiger partial charge in [-0.05, 0) is 42.0 Å². The van der Waals surface area contributed by atoms with E-state index in [2.05, 4.69) is 0 Å². The maximum Gasteiger partial charge on any atom is 0.163 e. The minimum Gasteiger partial charge on any atom is -0.504 e. The molecule has 0 heterocycles. The van der Waals surface area contributed by atoms with Crippen LogP contribution in [0, 0.1) is 0 Å². The third-order valence-corrected chi connectivity index (χ3v) is 5.06. The Labute approximate surface area is 192 Å². The van der Waals surface area contributed by atoms with Crippen molar-refractivity contribution in [2.75, 3.05) is 27.9 Å². The van der Waals surface area contributed by atoms with Gasteiger partial charge in [-0.2, -0.15) is 0 Å². The summed E-state index contributed by atoms with van der Waals surface area (Å²) in [5.74, 6) is 1.94. The predicted molar refractivity (Wildman–Crippen MR) is 121 cm³/mol. The highest BCUT2D eigenvalue weighted by Gasteiger charge is 2.29. The highest BCUT2D eigenvalue weighted by molar-refractivity contribution is 5.46. The van der Waals surface area contributed by atoms with Gasteiger partial charge in [0.25, 0.3) is 0 Å². The highest BCUT2D eigenvalue weighted by Crippen LogP contribution is 2.38. The zero-order valence-electron chi connectivity index (χ0n) is 18.7. The van der Waals surface area contributed by atoms with Crippen LogP contribution in [0.5, 0.6) is 34.5 Å². The SMILES string of the molecule is COc1cc([C@H](Oc2ccc(CO)cc2OC)[C@H](CO)Oc2ccccc2OC)ccc1O. The number of ether oxygens (including phenoxy) is 5. The van der Waals surface area contributed by atoms with Gasteiger partial charge in [0.2, 0.25) is 0 Å². The van der Waals surface area contributed by atoms with Crippen molar-refractivity contribution in [3.05, 3.63) is 71.8 Å². The zero-order chi connectivity index (χ0) is 23.8. The van der Waals surface area contributed by atoms with E-state index in [-0.39, 0.29) is 24.7 Å². The number of benzene rings is 3.